The molecule has 0 unspecified atom stereocenters. The van der Waals surface area contributed by atoms with Crippen molar-refractivity contribution in [3.63, 3.8) is 0 Å². The second kappa shape index (κ2) is 5.92. The van der Waals surface area contributed by atoms with E-state index >= 15 is 0 Å². The summed E-state index contributed by atoms with van der Waals surface area (Å²) in [7, 11) is 0. The third-order valence-electron chi connectivity index (χ3n) is 4.24. The predicted molar refractivity (Wildman–Crippen MR) is 80.8 cm³/mol. The van der Waals surface area contributed by atoms with Crippen LogP contribution in [0.3, 0.4) is 0 Å². The summed E-state index contributed by atoms with van der Waals surface area (Å²) in [5.41, 5.74) is 5.02. The van der Waals surface area contributed by atoms with E-state index in [1.165, 1.54) is 22.9 Å². The first-order valence-electron chi connectivity index (χ1n) is 7.53. The zero-order valence-corrected chi connectivity index (χ0v) is 13.1. The minimum Gasteiger partial charge on any atom is -0.294 e. The molecule has 0 saturated carbocycles. The minimum atomic E-state index is -4.48. The summed E-state index contributed by atoms with van der Waals surface area (Å²) in [6.07, 6.45) is -2.64. The van der Waals surface area contributed by atoms with Crippen LogP contribution in [0.2, 0.25) is 0 Å². The highest BCUT2D eigenvalue weighted by Crippen LogP contribution is 2.28. The van der Waals surface area contributed by atoms with Gasteiger partial charge in [0.15, 0.2) is 0 Å². The van der Waals surface area contributed by atoms with Gasteiger partial charge in [-0.15, -0.1) is 0 Å². The Labute approximate surface area is 133 Å². The number of halogens is 3. The van der Waals surface area contributed by atoms with Crippen molar-refractivity contribution in [3.8, 4) is 0 Å². The lowest BCUT2D eigenvalue weighted by Gasteiger charge is -2.28. The Morgan fingerprint density at radius 2 is 1.96 bits per heavy atom. The molecular formula is C17H18F3N3. The summed E-state index contributed by atoms with van der Waals surface area (Å²) in [5.74, 6) is -1.04. The molecule has 3 nitrogen and oxygen atoms in total. The molecule has 0 bridgehead atoms. The molecule has 1 aliphatic rings. The Kier molecular flexibility index (Phi) is 4.10. The Hall–Kier alpha value is -1.95. The molecule has 3 rings (SSSR count). The fourth-order valence-corrected chi connectivity index (χ4v) is 2.81. The number of hydrogen-bond donors (Lipinski definition) is 0. The number of nitrogens with zero attached hydrogens (tertiary/aromatic N) is 3. The number of rotatable bonds is 2. The standard InChI is InChI=1S/C17H18F3N3/c1-11-3-4-13(7-12(11)2)9-23-6-5-15-14(10-23)8-21-16(22-15)17(18,19)20/h3-4,7-8H,5-6,9-10H2,1-2H3. The highest BCUT2D eigenvalue weighted by atomic mass is 19.4. The van der Waals surface area contributed by atoms with Gasteiger partial charge in [-0.1, -0.05) is 18.2 Å². The topological polar surface area (TPSA) is 29.0 Å². The van der Waals surface area contributed by atoms with Crippen LogP contribution in [0.5, 0.6) is 0 Å². The monoisotopic (exact) mass is 321 g/mol. The van der Waals surface area contributed by atoms with Gasteiger partial charge in [-0.2, -0.15) is 13.2 Å². The fourth-order valence-electron chi connectivity index (χ4n) is 2.81. The van der Waals surface area contributed by atoms with Gasteiger partial charge in [0.05, 0.1) is 5.69 Å². The van der Waals surface area contributed by atoms with Crippen LogP contribution in [-0.4, -0.2) is 21.4 Å². The maximum absolute atomic E-state index is 12.7. The van der Waals surface area contributed by atoms with E-state index in [2.05, 4.69) is 46.9 Å². The van der Waals surface area contributed by atoms with Gasteiger partial charge in [0.2, 0.25) is 5.82 Å². The number of benzene rings is 1. The Morgan fingerprint density at radius 3 is 2.65 bits per heavy atom. The first-order valence-corrected chi connectivity index (χ1v) is 7.53. The van der Waals surface area contributed by atoms with E-state index in [1.807, 2.05) is 0 Å². The molecule has 0 amide bonds. The van der Waals surface area contributed by atoms with E-state index in [-0.39, 0.29) is 0 Å². The Bertz CT molecular complexity index is 726. The molecule has 0 N–H and O–H groups in total. The van der Waals surface area contributed by atoms with Crippen molar-refractivity contribution in [1.82, 2.24) is 14.9 Å². The second-order valence-electron chi connectivity index (χ2n) is 6.04. The summed E-state index contributed by atoms with van der Waals surface area (Å²) < 4.78 is 38.0. The van der Waals surface area contributed by atoms with Gasteiger partial charge < -0.3 is 0 Å². The average Bonchev–Trinajstić information content (AvgIpc) is 2.49. The number of alkyl halides is 3. The smallest absolute Gasteiger partial charge is 0.294 e. The van der Waals surface area contributed by atoms with E-state index in [0.717, 1.165) is 12.1 Å². The highest BCUT2D eigenvalue weighted by molar-refractivity contribution is 5.30. The van der Waals surface area contributed by atoms with Crippen molar-refractivity contribution >= 4 is 0 Å². The van der Waals surface area contributed by atoms with Gasteiger partial charge in [0.1, 0.15) is 0 Å². The summed E-state index contributed by atoms with van der Waals surface area (Å²) in [5, 5.41) is 0. The first kappa shape index (κ1) is 15.9. The molecule has 1 aliphatic heterocycles. The fraction of sp³-hybridized carbons (Fsp3) is 0.412. The van der Waals surface area contributed by atoms with Crippen molar-refractivity contribution in [1.29, 1.82) is 0 Å². The minimum absolute atomic E-state index is 0.517. The third-order valence-corrected chi connectivity index (χ3v) is 4.24. The molecule has 2 heterocycles. The largest absolute Gasteiger partial charge is 0.451 e. The zero-order valence-electron chi connectivity index (χ0n) is 13.1. The first-order chi connectivity index (χ1) is 10.8. The van der Waals surface area contributed by atoms with Crippen LogP contribution < -0.4 is 0 Å². The molecule has 23 heavy (non-hydrogen) atoms. The summed E-state index contributed by atoms with van der Waals surface area (Å²) in [6.45, 7) is 6.22. The van der Waals surface area contributed by atoms with Gasteiger partial charge >= 0.3 is 6.18 Å². The molecule has 2 aromatic rings. The van der Waals surface area contributed by atoms with Crippen LogP contribution in [0.25, 0.3) is 0 Å². The highest BCUT2D eigenvalue weighted by Gasteiger charge is 2.35. The number of aryl methyl sites for hydroxylation is 2. The Balaban J connectivity index is 1.74. The van der Waals surface area contributed by atoms with Gasteiger partial charge in [-0.05, 0) is 30.5 Å². The molecular weight excluding hydrogens is 303 g/mol. The molecule has 0 fully saturated rings. The SMILES string of the molecule is Cc1ccc(CN2CCc3nc(C(F)(F)F)ncc3C2)cc1C. The molecule has 0 aliphatic carbocycles. The predicted octanol–water partition coefficient (Wildman–Crippen LogP) is 3.67. The summed E-state index contributed by atoms with van der Waals surface area (Å²) >= 11 is 0. The quantitative estimate of drug-likeness (QED) is 0.845. The number of hydrogen-bond acceptors (Lipinski definition) is 3. The van der Waals surface area contributed by atoms with Crippen LogP contribution in [0, 0.1) is 13.8 Å². The van der Waals surface area contributed by atoms with Crippen LogP contribution >= 0.6 is 0 Å². The van der Waals surface area contributed by atoms with E-state index in [0.29, 0.717) is 25.2 Å². The lowest BCUT2D eigenvalue weighted by Crippen LogP contribution is -2.31. The van der Waals surface area contributed by atoms with Crippen molar-refractivity contribution < 1.29 is 13.2 Å². The van der Waals surface area contributed by atoms with Gasteiger partial charge in [0.25, 0.3) is 0 Å². The summed E-state index contributed by atoms with van der Waals surface area (Å²) in [6, 6.07) is 6.36. The molecule has 0 radical (unpaired) electrons. The van der Waals surface area contributed by atoms with E-state index < -0.39 is 12.0 Å². The zero-order chi connectivity index (χ0) is 16.6. The van der Waals surface area contributed by atoms with Gasteiger partial charge in [-0.25, -0.2) is 9.97 Å². The van der Waals surface area contributed by atoms with Crippen molar-refractivity contribution in [3.05, 3.63) is 58.2 Å². The lowest BCUT2D eigenvalue weighted by molar-refractivity contribution is -0.145. The van der Waals surface area contributed by atoms with E-state index in [1.54, 1.807) is 0 Å². The normalized spacial score (nSPS) is 15.5. The van der Waals surface area contributed by atoms with Crippen molar-refractivity contribution in [2.45, 2.75) is 39.5 Å². The second-order valence-corrected chi connectivity index (χ2v) is 6.04. The van der Waals surface area contributed by atoms with Crippen molar-refractivity contribution in [2.75, 3.05) is 6.54 Å². The maximum atomic E-state index is 12.7. The molecule has 0 saturated heterocycles. The van der Waals surface area contributed by atoms with Crippen LogP contribution in [-0.2, 0) is 25.7 Å². The molecule has 0 atom stereocenters. The molecule has 6 heteroatoms. The van der Waals surface area contributed by atoms with E-state index in [4.69, 9.17) is 0 Å². The van der Waals surface area contributed by atoms with Crippen LogP contribution in [0.4, 0.5) is 13.2 Å². The summed E-state index contributed by atoms with van der Waals surface area (Å²) in [4.78, 5) is 9.37. The lowest BCUT2D eigenvalue weighted by atomic mass is 10.0. The molecule has 122 valence electrons. The average molecular weight is 321 g/mol. The Morgan fingerprint density at radius 1 is 1.17 bits per heavy atom. The van der Waals surface area contributed by atoms with E-state index in [9.17, 15) is 13.2 Å². The third kappa shape index (κ3) is 3.52. The van der Waals surface area contributed by atoms with Crippen LogP contribution in [0.15, 0.2) is 24.4 Å². The molecule has 1 aromatic carbocycles. The molecule has 0 spiro atoms. The van der Waals surface area contributed by atoms with Crippen molar-refractivity contribution in [2.24, 2.45) is 0 Å². The number of fused-ring (bicyclic) bond motifs is 1. The van der Waals surface area contributed by atoms with Crippen LogP contribution in [0.1, 0.15) is 33.8 Å². The van der Waals surface area contributed by atoms with Gasteiger partial charge in [0, 0.05) is 37.8 Å². The number of aromatic nitrogens is 2. The van der Waals surface area contributed by atoms with Gasteiger partial charge in [-0.3, -0.25) is 4.90 Å². The maximum Gasteiger partial charge on any atom is 0.451 e. The molecule has 1 aromatic heterocycles.